The maximum absolute atomic E-state index is 12.0. The van der Waals surface area contributed by atoms with E-state index in [4.69, 9.17) is 11.6 Å². The highest BCUT2D eigenvalue weighted by Gasteiger charge is 2.11. The van der Waals surface area contributed by atoms with E-state index in [-0.39, 0.29) is 5.91 Å². The van der Waals surface area contributed by atoms with Crippen LogP contribution in [-0.2, 0) is 0 Å². The van der Waals surface area contributed by atoms with Crippen LogP contribution in [0.5, 0.6) is 0 Å². The van der Waals surface area contributed by atoms with Gasteiger partial charge in [-0.1, -0.05) is 11.6 Å². The van der Waals surface area contributed by atoms with Gasteiger partial charge in [0.2, 0.25) is 0 Å². The van der Waals surface area contributed by atoms with Gasteiger partial charge in [0, 0.05) is 19.3 Å². The molecule has 0 aliphatic rings. The van der Waals surface area contributed by atoms with Crippen LogP contribution < -0.4 is 10.6 Å². The molecule has 2 N–H and O–H groups in total. The second-order valence-electron chi connectivity index (χ2n) is 4.04. The quantitative estimate of drug-likeness (QED) is 0.725. The molecule has 0 aliphatic carbocycles. The molecular weight excluding hydrogens is 282 g/mol. The number of unbranched alkanes of at least 4 members (excludes halogenated alkanes) is 1. The summed E-state index contributed by atoms with van der Waals surface area (Å²) in [4.78, 5) is 16.1. The highest BCUT2D eigenvalue weighted by atomic mass is 35.5. The summed E-state index contributed by atoms with van der Waals surface area (Å²) in [6.45, 7) is 3.40. The summed E-state index contributed by atoms with van der Waals surface area (Å²) in [5.74, 6) is 1.64. The summed E-state index contributed by atoms with van der Waals surface area (Å²) >= 11 is 7.82. The van der Waals surface area contributed by atoms with Gasteiger partial charge in [-0.05, 0) is 37.8 Å². The van der Waals surface area contributed by atoms with Crippen molar-refractivity contribution >= 4 is 35.1 Å². The molecule has 0 spiro atoms. The van der Waals surface area contributed by atoms with Crippen LogP contribution >= 0.6 is 23.4 Å². The Labute approximate surface area is 123 Å². The number of hydrogen-bond acceptors (Lipinski definition) is 4. The number of pyridine rings is 1. The van der Waals surface area contributed by atoms with Crippen molar-refractivity contribution < 1.29 is 4.79 Å². The van der Waals surface area contributed by atoms with Crippen LogP contribution in [0.15, 0.2) is 12.3 Å². The predicted molar refractivity (Wildman–Crippen MR) is 83.4 cm³/mol. The standard InChI is InChI=1S/C13H20ClN3OS/c1-3-15-12-8-10(11(14)9-17-12)13(18)16-6-4-5-7-19-2/h8-9H,3-7H2,1-2H3,(H,15,17)(H,16,18). The molecular formula is C13H20ClN3OS. The molecule has 0 atom stereocenters. The van der Waals surface area contributed by atoms with Gasteiger partial charge in [0.1, 0.15) is 5.82 Å². The molecule has 0 radical (unpaired) electrons. The predicted octanol–water partition coefficient (Wildman–Crippen LogP) is 3.04. The molecule has 0 saturated carbocycles. The Bertz CT molecular complexity index is 415. The van der Waals surface area contributed by atoms with Gasteiger partial charge in [0.15, 0.2) is 0 Å². The van der Waals surface area contributed by atoms with Crippen LogP contribution in [-0.4, -0.2) is 36.0 Å². The molecule has 1 rings (SSSR count). The average Bonchev–Trinajstić information content (AvgIpc) is 2.41. The van der Waals surface area contributed by atoms with E-state index in [2.05, 4.69) is 21.9 Å². The van der Waals surface area contributed by atoms with Crippen LogP contribution in [0.2, 0.25) is 5.02 Å². The first-order valence-electron chi connectivity index (χ1n) is 6.35. The van der Waals surface area contributed by atoms with Gasteiger partial charge >= 0.3 is 0 Å². The van der Waals surface area contributed by atoms with E-state index < -0.39 is 0 Å². The zero-order valence-electron chi connectivity index (χ0n) is 11.3. The lowest BCUT2D eigenvalue weighted by Crippen LogP contribution is -2.25. The molecule has 1 aromatic rings. The summed E-state index contributed by atoms with van der Waals surface area (Å²) in [7, 11) is 0. The third kappa shape index (κ3) is 5.70. The van der Waals surface area contributed by atoms with Crippen LogP contribution in [0.25, 0.3) is 0 Å². The number of rotatable bonds is 8. The summed E-state index contributed by atoms with van der Waals surface area (Å²) in [6.07, 6.45) is 5.67. The van der Waals surface area contributed by atoms with E-state index in [0.717, 1.165) is 25.1 Å². The highest BCUT2D eigenvalue weighted by Crippen LogP contribution is 2.17. The topological polar surface area (TPSA) is 54.0 Å². The van der Waals surface area contributed by atoms with Crippen molar-refractivity contribution in [2.45, 2.75) is 19.8 Å². The molecule has 1 heterocycles. The number of amides is 1. The van der Waals surface area contributed by atoms with E-state index in [0.29, 0.717) is 22.9 Å². The second kappa shape index (κ2) is 9.04. The minimum Gasteiger partial charge on any atom is -0.370 e. The molecule has 1 amide bonds. The molecule has 106 valence electrons. The second-order valence-corrected chi connectivity index (χ2v) is 5.43. The van der Waals surface area contributed by atoms with Crippen molar-refractivity contribution in [3.63, 3.8) is 0 Å². The van der Waals surface area contributed by atoms with Gasteiger partial charge in [-0.15, -0.1) is 0 Å². The van der Waals surface area contributed by atoms with Gasteiger partial charge in [-0.2, -0.15) is 11.8 Å². The Kier molecular flexibility index (Phi) is 7.67. The Morgan fingerprint density at radius 1 is 1.47 bits per heavy atom. The molecule has 0 unspecified atom stereocenters. The number of carbonyl (C=O) groups excluding carboxylic acids is 1. The number of thioether (sulfide) groups is 1. The molecule has 0 aromatic carbocycles. The molecule has 4 nitrogen and oxygen atoms in total. The SMILES string of the molecule is CCNc1cc(C(=O)NCCCCSC)c(Cl)cn1. The van der Waals surface area contributed by atoms with E-state index in [1.165, 1.54) is 6.20 Å². The maximum Gasteiger partial charge on any atom is 0.252 e. The molecule has 1 aromatic heterocycles. The van der Waals surface area contributed by atoms with Crippen molar-refractivity contribution in [2.75, 3.05) is 30.4 Å². The fourth-order valence-corrected chi connectivity index (χ4v) is 2.24. The number of nitrogens with zero attached hydrogens (tertiary/aromatic N) is 1. The zero-order chi connectivity index (χ0) is 14.1. The number of carbonyl (C=O) groups is 1. The largest absolute Gasteiger partial charge is 0.370 e. The van der Waals surface area contributed by atoms with Gasteiger partial charge in [-0.3, -0.25) is 4.79 Å². The first-order chi connectivity index (χ1) is 9.19. The molecule has 6 heteroatoms. The number of anilines is 1. The third-order valence-corrected chi connectivity index (χ3v) is 3.52. The lowest BCUT2D eigenvalue weighted by atomic mass is 10.2. The maximum atomic E-state index is 12.0. The number of hydrogen-bond donors (Lipinski definition) is 2. The highest BCUT2D eigenvalue weighted by molar-refractivity contribution is 7.98. The van der Waals surface area contributed by atoms with Gasteiger partial charge < -0.3 is 10.6 Å². The summed E-state index contributed by atoms with van der Waals surface area (Å²) in [5.41, 5.74) is 0.470. The van der Waals surface area contributed by atoms with Crippen molar-refractivity contribution in [3.8, 4) is 0 Å². The van der Waals surface area contributed by atoms with E-state index in [1.54, 1.807) is 6.07 Å². The Balaban J connectivity index is 2.53. The monoisotopic (exact) mass is 301 g/mol. The lowest BCUT2D eigenvalue weighted by molar-refractivity contribution is 0.0953. The average molecular weight is 302 g/mol. The van der Waals surface area contributed by atoms with Crippen molar-refractivity contribution in [3.05, 3.63) is 22.8 Å². The van der Waals surface area contributed by atoms with Crippen molar-refractivity contribution in [1.29, 1.82) is 0 Å². The Morgan fingerprint density at radius 2 is 2.26 bits per heavy atom. The minimum atomic E-state index is -0.143. The summed E-state index contributed by atoms with van der Waals surface area (Å²) in [6, 6.07) is 1.68. The van der Waals surface area contributed by atoms with Crippen LogP contribution in [0.3, 0.4) is 0 Å². The van der Waals surface area contributed by atoms with Crippen LogP contribution in [0.1, 0.15) is 30.1 Å². The van der Waals surface area contributed by atoms with Crippen LogP contribution in [0, 0.1) is 0 Å². The summed E-state index contributed by atoms with van der Waals surface area (Å²) < 4.78 is 0. The molecule has 19 heavy (non-hydrogen) atoms. The van der Waals surface area contributed by atoms with Gasteiger partial charge in [0.25, 0.3) is 5.91 Å². The van der Waals surface area contributed by atoms with Crippen molar-refractivity contribution in [1.82, 2.24) is 10.3 Å². The molecule has 0 bridgehead atoms. The first kappa shape index (κ1) is 16.1. The van der Waals surface area contributed by atoms with Crippen LogP contribution in [0.4, 0.5) is 5.82 Å². The fourth-order valence-electron chi connectivity index (χ4n) is 1.56. The number of halogens is 1. The first-order valence-corrected chi connectivity index (χ1v) is 8.12. The third-order valence-electron chi connectivity index (χ3n) is 2.52. The van der Waals surface area contributed by atoms with Gasteiger partial charge in [0.05, 0.1) is 10.6 Å². The van der Waals surface area contributed by atoms with E-state index in [1.807, 2.05) is 18.7 Å². The Hall–Kier alpha value is -0.940. The molecule has 0 fully saturated rings. The summed E-state index contributed by atoms with van der Waals surface area (Å²) in [5, 5.41) is 6.32. The van der Waals surface area contributed by atoms with E-state index >= 15 is 0 Å². The zero-order valence-corrected chi connectivity index (χ0v) is 12.9. The van der Waals surface area contributed by atoms with E-state index in [9.17, 15) is 4.79 Å². The van der Waals surface area contributed by atoms with Gasteiger partial charge in [-0.25, -0.2) is 4.98 Å². The number of aromatic nitrogens is 1. The fraction of sp³-hybridized carbons (Fsp3) is 0.538. The molecule has 0 aliphatic heterocycles. The van der Waals surface area contributed by atoms with Crippen molar-refractivity contribution in [2.24, 2.45) is 0 Å². The normalized spacial score (nSPS) is 10.3. The Morgan fingerprint density at radius 3 is 2.95 bits per heavy atom. The lowest BCUT2D eigenvalue weighted by Gasteiger charge is -2.08. The number of nitrogens with one attached hydrogen (secondary N) is 2. The minimum absolute atomic E-state index is 0.143. The smallest absolute Gasteiger partial charge is 0.252 e. The molecule has 0 saturated heterocycles.